The molecule has 0 fully saturated rings. The lowest BCUT2D eigenvalue weighted by molar-refractivity contribution is -0.124. The van der Waals surface area contributed by atoms with Crippen LogP contribution in [0.3, 0.4) is 0 Å². The van der Waals surface area contributed by atoms with Crippen LogP contribution in [0.2, 0.25) is 0 Å². The number of nitrogens with one attached hydrogen (secondary N) is 1. The molecule has 2 rings (SSSR count). The second-order valence-corrected chi connectivity index (χ2v) is 5.77. The second-order valence-electron chi connectivity index (χ2n) is 3.82. The summed E-state index contributed by atoms with van der Waals surface area (Å²) in [6.07, 6.45) is 0. The van der Waals surface area contributed by atoms with E-state index in [1.165, 1.54) is 29.8 Å². The third-order valence-corrected chi connectivity index (χ3v) is 4.17. The largest absolute Gasteiger partial charge is 0.375 e. The van der Waals surface area contributed by atoms with Gasteiger partial charge in [-0.15, -0.1) is 11.3 Å². The standard InChI is InChI=1S/C13H13NO3S2/c1-17-7-12(15)14-6-10-2-3-11(19-10)13(16)9-4-5-18-8-9/h2-5,8H,6-7H2,1H3,(H,14,15). The molecule has 0 aromatic carbocycles. The Hall–Kier alpha value is -1.50. The van der Waals surface area contributed by atoms with Crippen molar-refractivity contribution in [2.45, 2.75) is 6.54 Å². The van der Waals surface area contributed by atoms with Gasteiger partial charge >= 0.3 is 0 Å². The maximum atomic E-state index is 12.1. The summed E-state index contributed by atoms with van der Waals surface area (Å²) in [5.74, 6) is -0.137. The van der Waals surface area contributed by atoms with E-state index in [4.69, 9.17) is 4.74 Å². The van der Waals surface area contributed by atoms with Gasteiger partial charge in [-0.05, 0) is 23.6 Å². The van der Waals surface area contributed by atoms with Gasteiger partial charge in [0.25, 0.3) is 0 Å². The molecule has 100 valence electrons. The first-order chi connectivity index (χ1) is 9.20. The van der Waals surface area contributed by atoms with Crippen LogP contribution in [-0.4, -0.2) is 25.4 Å². The summed E-state index contributed by atoms with van der Waals surface area (Å²) in [6, 6.07) is 5.46. The number of ether oxygens (including phenoxy) is 1. The van der Waals surface area contributed by atoms with Crippen LogP contribution in [0.4, 0.5) is 0 Å². The van der Waals surface area contributed by atoms with Crippen molar-refractivity contribution in [2.24, 2.45) is 0 Å². The molecule has 2 heterocycles. The van der Waals surface area contributed by atoms with Gasteiger partial charge in [0.2, 0.25) is 11.7 Å². The molecule has 2 aromatic heterocycles. The van der Waals surface area contributed by atoms with Gasteiger partial charge in [-0.3, -0.25) is 9.59 Å². The normalized spacial score (nSPS) is 10.4. The Morgan fingerprint density at radius 2 is 2.16 bits per heavy atom. The number of rotatable bonds is 6. The van der Waals surface area contributed by atoms with E-state index in [0.29, 0.717) is 17.0 Å². The fraction of sp³-hybridized carbons (Fsp3) is 0.231. The number of ketones is 1. The van der Waals surface area contributed by atoms with Gasteiger partial charge in [0.05, 0.1) is 11.4 Å². The molecule has 0 bridgehead atoms. The van der Waals surface area contributed by atoms with Crippen LogP contribution in [0.25, 0.3) is 0 Å². The van der Waals surface area contributed by atoms with E-state index in [1.54, 1.807) is 6.07 Å². The summed E-state index contributed by atoms with van der Waals surface area (Å²) in [6.45, 7) is 0.468. The minimum Gasteiger partial charge on any atom is -0.375 e. The van der Waals surface area contributed by atoms with Crippen molar-refractivity contribution < 1.29 is 14.3 Å². The zero-order valence-corrected chi connectivity index (χ0v) is 12.0. The number of hydrogen-bond donors (Lipinski definition) is 1. The highest BCUT2D eigenvalue weighted by Gasteiger charge is 2.12. The molecule has 0 aliphatic heterocycles. The van der Waals surface area contributed by atoms with E-state index in [2.05, 4.69) is 5.32 Å². The number of methoxy groups -OCH3 is 1. The molecule has 1 amide bonds. The number of carbonyl (C=O) groups excluding carboxylic acids is 2. The molecule has 6 heteroatoms. The molecule has 1 N–H and O–H groups in total. The third-order valence-electron chi connectivity index (χ3n) is 2.40. The highest BCUT2D eigenvalue weighted by molar-refractivity contribution is 7.14. The van der Waals surface area contributed by atoms with Gasteiger partial charge in [0.1, 0.15) is 6.61 Å². The van der Waals surface area contributed by atoms with Crippen LogP contribution >= 0.6 is 22.7 Å². The molecule has 0 saturated carbocycles. The topological polar surface area (TPSA) is 55.4 Å². The predicted octanol–water partition coefficient (Wildman–Crippen LogP) is 2.30. The van der Waals surface area contributed by atoms with E-state index in [1.807, 2.05) is 22.9 Å². The molecule has 0 saturated heterocycles. The van der Waals surface area contributed by atoms with Crippen LogP contribution in [0, 0.1) is 0 Å². The first-order valence-electron chi connectivity index (χ1n) is 5.62. The van der Waals surface area contributed by atoms with Crippen molar-refractivity contribution in [1.29, 1.82) is 0 Å². The van der Waals surface area contributed by atoms with Crippen LogP contribution in [0.1, 0.15) is 20.1 Å². The Morgan fingerprint density at radius 3 is 2.84 bits per heavy atom. The third kappa shape index (κ3) is 3.73. The molecule has 0 atom stereocenters. The van der Waals surface area contributed by atoms with E-state index in [-0.39, 0.29) is 18.3 Å². The summed E-state index contributed by atoms with van der Waals surface area (Å²) < 4.78 is 4.72. The fourth-order valence-electron chi connectivity index (χ4n) is 1.50. The van der Waals surface area contributed by atoms with Crippen LogP contribution in [-0.2, 0) is 16.1 Å². The molecule has 0 unspecified atom stereocenters. The molecule has 0 aliphatic carbocycles. The maximum Gasteiger partial charge on any atom is 0.246 e. The minimum absolute atomic E-state index is 0.0284. The smallest absolute Gasteiger partial charge is 0.246 e. The van der Waals surface area contributed by atoms with Gasteiger partial charge < -0.3 is 10.1 Å². The van der Waals surface area contributed by atoms with Gasteiger partial charge in [0, 0.05) is 22.9 Å². The molecule has 0 radical (unpaired) electrons. The maximum absolute atomic E-state index is 12.1. The molecule has 0 aliphatic rings. The molecular formula is C13H13NO3S2. The summed E-state index contributed by atoms with van der Waals surface area (Å²) in [4.78, 5) is 25.0. The van der Waals surface area contributed by atoms with Crippen molar-refractivity contribution >= 4 is 34.4 Å². The Labute approximate surface area is 119 Å². The van der Waals surface area contributed by atoms with Crippen LogP contribution < -0.4 is 5.32 Å². The SMILES string of the molecule is COCC(=O)NCc1ccc(C(=O)c2ccsc2)s1. The summed E-state index contributed by atoms with van der Waals surface area (Å²) in [5.41, 5.74) is 0.710. The van der Waals surface area contributed by atoms with Crippen molar-refractivity contribution in [3.8, 4) is 0 Å². The summed E-state index contributed by atoms with van der Waals surface area (Å²) >= 11 is 2.90. The minimum atomic E-state index is -0.165. The number of amides is 1. The molecule has 2 aromatic rings. The zero-order chi connectivity index (χ0) is 13.7. The van der Waals surface area contributed by atoms with E-state index < -0.39 is 0 Å². The molecule has 19 heavy (non-hydrogen) atoms. The number of carbonyl (C=O) groups is 2. The lowest BCUT2D eigenvalue weighted by Crippen LogP contribution is -2.26. The average Bonchev–Trinajstić information content (AvgIpc) is 3.07. The van der Waals surface area contributed by atoms with E-state index >= 15 is 0 Å². The number of thiophene rings is 2. The monoisotopic (exact) mass is 295 g/mol. The average molecular weight is 295 g/mol. The Balaban J connectivity index is 1.96. The molecule has 4 nitrogen and oxygen atoms in total. The second kappa shape index (κ2) is 6.60. The summed E-state index contributed by atoms with van der Waals surface area (Å²) in [7, 11) is 1.47. The van der Waals surface area contributed by atoms with Gasteiger partial charge in [0.15, 0.2) is 0 Å². The van der Waals surface area contributed by atoms with Crippen molar-refractivity contribution in [3.63, 3.8) is 0 Å². The van der Waals surface area contributed by atoms with Crippen LogP contribution in [0.5, 0.6) is 0 Å². The lowest BCUT2D eigenvalue weighted by atomic mass is 10.2. The van der Waals surface area contributed by atoms with E-state index in [9.17, 15) is 9.59 Å². The quantitative estimate of drug-likeness (QED) is 0.832. The zero-order valence-electron chi connectivity index (χ0n) is 10.3. The van der Waals surface area contributed by atoms with Gasteiger partial charge in [-0.2, -0.15) is 11.3 Å². The first-order valence-corrected chi connectivity index (χ1v) is 7.38. The molecular weight excluding hydrogens is 282 g/mol. The number of hydrogen-bond acceptors (Lipinski definition) is 5. The highest BCUT2D eigenvalue weighted by atomic mass is 32.1. The Bertz CT molecular complexity index is 560. The van der Waals surface area contributed by atoms with Crippen LogP contribution in [0.15, 0.2) is 29.0 Å². The Morgan fingerprint density at radius 1 is 1.32 bits per heavy atom. The lowest BCUT2D eigenvalue weighted by Gasteiger charge is -2.01. The van der Waals surface area contributed by atoms with Crippen molar-refractivity contribution in [3.05, 3.63) is 44.3 Å². The van der Waals surface area contributed by atoms with E-state index in [0.717, 1.165) is 4.88 Å². The first kappa shape index (κ1) is 13.9. The van der Waals surface area contributed by atoms with Crippen molar-refractivity contribution in [1.82, 2.24) is 5.32 Å². The predicted molar refractivity (Wildman–Crippen MR) is 75.8 cm³/mol. The highest BCUT2D eigenvalue weighted by Crippen LogP contribution is 2.21. The molecule has 0 spiro atoms. The van der Waals surface area contributed by atoms with Gasteiger partial charge in [-0.1, -0.05) is 0 Å². The van der Waals surface area contributed by atoms with Crippen molar-refractivity contribution in [2.75, 3.05) is 13.7 Å². The Kier molecular flexibility index (Phi) is 4.84. The fourth-order valence-corrected chi connectivity index (χ4v) is 3.04. The van der Waals surface area contributed by atoms with Gasteiger partial charge in [-0.25, -0.2) is 0 Å². The summed E-state index contributed by atoms with van der Waals surface area (Å²) in [5, 5.41) is 6.44.